The molecule has 0 aliphatic carbocycles. The summed E-state index contributed by atoms with van der Waals surface area (Å²) in [6, 6.07) is 17.8. The molecule has 1 heterocycles. The van der Waals surface area contributed by atoms with Gasteiger partial charge in [0.15, 0.2) is 0 Å². The van der Waals surface area contributed by atoms with Gasteiger partial charge >= 0.3 is 0 Å². The van der Waals surface area contributed by atoms with E-state index in [0.717, 1.165) is 30.6 Å². The normalized spacial score (nSPS) is 13.1. The van der Waals surface area contributed by atoms with Crippen molar-refractivity contribution in [3.8, 4) is 16.9 Å². The van der Waals surface area contributed by atoms with Gasteiger partial charge in [-0.05, 0) is 71.6 Å². The molecule has 0 bridgehead atoms. The van der Waals surface area contributed by atoms with Gasteiger partial charge in [-0.25, -0.2) is 0 Å². The van der Waals surface area contributed by atoms with Crippen molar-refractivity contribution < 1.29 is 9.84 Å². The maximum Gasteiger partial charge on any atom is 0.122 e. The molecule has 3 aromatic rings. The van der Waals surface area contributed by atoms with Crippen molar-refractivity contribution in [3.63, 3.8) is 0 Å². The molecular formula is C31H41NO2. The van der Waals surface area contributed by atoms with Crippen LogP contribution in [0.5, 0.6) is 5.75 Å². The Balaban J connectivity index is 1.89. The Hall–Kier alpha value is -2.65. The lowest BCUT2D eigenvalue weighted by Gasteiger charge is -2.34. The van der Waals surface area contributed by atoms with Crippen LogP contribution in [-0.2, 0) is 11.8 Å². The SMILES string of the molecule is CCc1cncc(-c2ccc(C(CC)(CC)c3ccc(OCC(O)C(C)(C)C)c(C)c3)cc2)c1. The molecule has 0 radical (unpaired) electrons. The van der Waals surface area contributed by atoms with Crippen LogP contribution >= 0.6 is 0 Å². The van der Waals surface area contributed by atoms with Gasteiger partial charge in [-0.1, -0.05) is 77.9 Å². The van der Waals surface area contributed by atoms with E-state index in [-0.39, 0.29) is 10.8 Å². The van der Waals surface area contributed by atoms with E-state index in [1.165, 1.54) is 27.8 Å². The molecule has 3 rings (SSSR count). The van der Waals surface area contributed by atoms with Gasteiger partial charge in [0.2, 0.25) is 0 Å². The molecule has 0 saturated heterocycles. The Labute approximate surface area is 206 Å². The summed E-state index contributed by atoms with van der Waals surface area (Å²) in [5.41, 5.74) is 7.10. The van der Waals surface area contributed by atoms with Crippen molar-refractivity contribution in [2.24, 2.45) is 5.41 Å². The summed E-state index contributed by atoms with van der Waals surface area (Å²) in [5.74, 6) is 0.840. The minimum absolute atomic E-state index is 0.0593. The molecule has 3 heteroatoms. The lowest BCUT2D eigenvalue weighted by molar-refractivity contribution is 0.0216. The van der Waals surface area contributed by atoms with Gasteiger partial charge in [-0.15, -0.1) is 0 Å². The van der Waals surface area contributed by atoms with Crippen LogP contribution in [0.4, 0.5) is 0 Å². The zero-order valence-corrected chi connectivity index (χ0v) is 22.0. The molecule has 182 valence electrons. The van der Waals surface area contributed by atoms with Crippen LogP contribution in [0.1, 0.15) is 76.6 Å². The van der Waals surface area contributed by atoms with Crippen molar-refractivity contribution in [2.75, 3.05) is 6.61 Å². The second kappa shape index (κ2) is 10.7. The molecule has 0 fully saturated rings. The molecule has 3 nitrogen and oxygen atoms in total. The van der Waals surface area contributed by atoms with E-state index in [4.69, 9.17) is 4.74 Å². The summed E-state index contributed by atoms with van der Waals surface area (Å²) < 4.78 is 5.99. The largest absolute Gasteiger partial charge is 0.491 e. The highest BCUT2D eigenvalue weighted by molar-refractivity contribution is 5.64. The minimum atomic E-state index is -0.510. The van der Waals surface area contributed by atoms with E-state index >= 15 is 0 Å². The first-order valence-corrected chi connectivity index (χ1v) is 12.6. The number of aromatic nitrogens is 1. The fourth-order valence-corrected chi connectivity index (χ4v) is 4.58. The number of benzene rings is 2. The summed E-state index contributed by atoms with van der Waals surface area (Å²) in [6.07, 6.45) is 6.39. The molecule has 0 saturated carbocycles. The third-order valence-electron chi connectivity index (χ3n) is 7.30. The first kappa shape index (κ1) is 26.0. The predicted molar refractivity (Wildman–Crippen MR) is 143 cm³/mol. The molecule has 0 aliphatic heterocycles. The van der Waals surface area contributed by atoms with Crippen LogP contribution in [0.3, 0.4) is 0 Å². The Kier molecular flexibility index (Phi) is 8.20. The number of nitrogens with zero attached hydrogens (tertiary/aromatic N) is 1. The van der Waals surface area contributed by atoms with Crippen LogP contribution in [0.15, 0.2) is 60.9 Å². The van der Waals surface area contributed by atoms with Crippen LogP contribution in [0.25, 0.3) is 11.1 Å². The van der Waals surface area contributed by atoms with E-state index in [9.17, 15) is 5.11 Å². The highest BCUT2D eigenvalue weighted by Crippen LogP contribution is 2.41. The first-order chi connectivity index (χ1) is 16.1. The maximum absolute atomic E-state index is 10.4. The quantitative estimate of drug-likeness (QED) is 0.360. The number of aliphatic hydroxyl groups is 1. The molecule has 1 atom stereocenters. The van der Waals surface area contributed by atoms with Crippen LogP contribution in [0.2, 0.25) is 0 Å². The number of ether oxygens (including phenoxy) is 1. The standard InChI is InChI=1S/C31H41NO2/c1-8-23-18-25(20-32-19-23)24-11-13-26(14-12-24)31(9-2,10-3)27-15-16-28(22(4)17-27)34-21-29(33)30(5,6)7/h11-20,29,33H,8-10,21H2,1-7H3. The number of aliphatic hydroxyl groups excluding tert-OH is 1. The first-order valence-electron chi connectivity index (χ1n) is 12.6. The molecule has 2 aromatic carbocycles. The topological polar surface area (TPSA) is 42.4 Å². The van der Waals surface area contributed by atoms with Crippen LogP contribution < -0.4 is 4.74 Å². The lowest BCUT2D eigenvalue weighted by atomic mass is 9.70. The minimum Gasteiger partial charge on any atom is -0.491 e. The number of aryl methyl sites for hydroxylation is 2. The third kappa shape index (κ3) is 5.52. The summed E-state index contributed by atoms with van der Waals surface area (Å²) in [5, 5.41) is 10.4. The average molecular weight is 460 g/mol. The second-order valence-electron chi connectivity index (χ2n) is 10.5. The second-order valence-corrected chi connectivity index (χ2v) is 10.5. The molecule has 1 aromatic heterocycles. The van der Waals surface area contributed by atoms with Gasteiger partial charge in [0.1, 0.15) is 12.4 Å². The number of hydrogen-bond acceptors (Lipinski definition) is 3. The van der Waals surface area contributed by atoms with E-state index in [2.05, 4.69) is 81.2 Å². The van der Waals surface area contributed by atoms with Crippen molar-refractivity contribution in [2.45, 2.75) is 79.2 Å². The Morgan fingerprint density at radius 2 is 1.50 bits per heavy atom. The molecule has 1 N–H and O–H groups in total. The van der Waals surface area contributed by atoms with E-state index in [1.807, 2.05) is 33.2 Å². The Morgan fingerprint density at radius 1 is 0.853 bits per heavy atom. The van der Waals surface area contributed by atoms with Crippen molar-refractivity contribution >= 4 is 0 Å². The van der Waals surface area contributed by atoms with Crippen LogP contribution in [0, 0.1) is 12.3 Å². The Morgan fingerprint density at radius 3 is 2.06 bits per heavy atom. The molecule has 0 spiro atoms. The van der Waals surface area contributed by atoms with Gasteiger partial charge in [0.05, 0.1) is 6.10 Å². The zero-order valence-electron chi connectivity index (χ0n) is 22.0. The van der Waals surface area contributed by atoms with Gasteiger partial charge in [0.25, 0.3) is 0 Å². The van der Waals surface area contributed by atoms with E-state index in [1.54, 1.807) is 0 Å². The highest BCUT2D eigenvalue weighted by Gasteiger charge is 2.31. The monoisotopic (exact) mass is 459 g/mol. The molecule has 1 unspecified atom stereocenters. The lowest BCUT2D eigenvalue weighted by Crippen LogP contribution is -2.32. The van der Waals surface area contributed by atoms with Crippen molar-refractivity contribution in [1.29, 1.82) is 0 Å². The summed E-state index contributed by atoms with van der Waals surface area (Å²) in [6.45, 7) is 15.2. The summed E-state index contributed by atoms with van der Waals surface area (Å²) in [7, 11) is 0. The van der Waals surface area contributed by atoms with Crippen LogP contribution in [-0.4, -0.2) is 22.8 Å². The van der Waals surface area contributed by atoms with Crippen molar-refractivity contribution in [3.05, 3.63) is 83.2 Å². The number of rotatable bonds is 9. The Bertz CT molecular complexity index is 1080. The summed E-state index contributed by atoms with van der Waals surface area (Å²) in [4.78, 5) is 4.41. The van der Waals surface area contributed by atoms with Gasteiger partial charge in [0, 0.05) is 23.4 Å². The highest BCUT2D eigenvalue weighted by atomic mass is 16.5. The van der Waals surface area contributed by atoms with E-state index in [0.29, 0.717) is 6.61 Å². The average Bonchev–Trinajstić information content (AvgIpc) is 2.84. The molecule has 0 amide bonds. The zero-order chi connectivity index (χ0) is 24.9. The smallest absolute Gasteiger partial charge is 0.122 e. The molecule has 0 aliphatic rings. The summed E-state index contributed by atoms with van der Waals surface area (Å²) >= 11 is 0. The number of pyridine rings is 1. The fraction of sp³-hybridized carbons (Fsp3) is 0.452. The molecular weight excluding hydrogens is 418 g/mol. The van der Waals surface area contributed by atoms with Gasteiger partial charge in [-0.2, -0.15) is 0 Å². The maximum atomic E-state index is 10.4. The third-order valence-corrected chi connectivity index (χ3v) is 7.30. The fourth-order valence-electron chi connectivity index (χ4n) is 4.58. The predicted octanol–water partition coefficient (Wildman–Crippen LogP) is 7.51. The van der Waals surface area contributed by atoms with Gasteiger partial charge in [-0.3, -0.25) is 4.98 Å². The van der Waals surface area contributed by atoms with E-state index < -0.39 is 6.10 Å². The van der Waals surface area contributed by atoms with Crippen molar-refractivity contribution in [1.82, 2.24) is 4.98 Å². The van der Waals surface area contributed by atoms with Gasteiger partial charge < -0.3 is 9.84 Å². The molecule has 34 heavy (non-hydrogen) atoms. The number of hydrogen-bond donors (Lipinski definition) is 1.